The van der Waals surface area contributed by atoms with Crippen molar-refractivity contribution < 1.29 is 33.3 Å². The zero-order valence-electron chi connectivity index (χ0n) is 25.8. The van der Waals surface area contributed by atoms with Gasteiger partial charge in [0.05, 0.1) is 23.2 Å². The van der Waals surface area contributed by atoms with Crippen LogP contribution in [0.25, 0.3) is 0 Å². The topological polar surface area (TPSA) is 132 Å². The molecule has 11 nitrogen and oxygen atoms in total. The van der Waals surface area contributed by atoms with Gasteiger partial charge in [-0.25, -0.2) is 19.2 Å². The molecule has 2 heterocycles. The molecule has 1 saturated heterocycles. The van der Waals surface area contributed by atoms with Crippen molar-refractivity contribution in [2.75, 3.05) is 6.61 Å². The van der Waals surface area contributed by atoms with Gasteiger partial charge < -0.3 is 18.9 Å². The van der Waals surface area contributed by atoms with Gasteiger partial charge in [-0.2, -0.15) is 0 Å². The number of rotatable bonds is 10. The average Bonchev–Trinajstić information content (AvgIpc) is 3.45. The standard InChI is InChI=1S/C37H29ClN2O9/c38-29-21-30(41)39(22-24-13-5-1-6-14-24)37(45)40(29)33-32(49-36(44)27-19-11-4-12-20-27)31(48-35(43)26-17-9-3-10-18-26)28(47-33)23-46-34(42)25-15-7-2-8-16-25/h1-21,28,31-33H,22-23H2/t28-,31-,32-,33-/m1/s1. The minimum atomic E-state index is -1.52. The van der Waals surface area contributed by atoms with Gasteiger partial charge in [-0.1, -0.05) is 96.5 Å². The van der Waals surface area contributed by atoms with Gasteiger partial charge >= 0.3 is 23.6 Å². The fraction of sp³-hybridized carbons (Fsp3) is 0.162. The van der Waals surface area contributed by atoms with Gasteiger partial charge in [-0.15, -0.1) is 0 Å². The summed E-state index contributed by atoms with van der Waals surface area (Å²) in [4.78, 5) is 66.9. The average molecular weight is 681 g/mol. The van der Waals surface area contributed by atoms with Crippen LogP contribution < -0.4 is 11.2 Å². The SMILES string of the molecule is O=C(OC[C@H]1O[C@@H](n2c(Cl)cc(=O)n(Cc3ccccc3)c2=O)[C@H](OC(=O)c2ccccc2)[C@@H]1OC(=O)c1ccccc1)c1ccccc1. The summed E-state index contributed by atoms with van der Waals surface area (Å²) in [5, 5.41) is -0.319. The molecule has 0 amide bonds. The van der Waals surface area contributed by atoms with E-state index in [2.05, 4.69) is 0 Å². The molecule has 0 bridgehead atoms. The van der Waals surface area contributed by atoms with Gasteiger partial charge in [0.1, 0.15) is 17.9 Å². The summed E-state index contributed by atoms with van der Waals surface area (Å²) in [7, 11) is 0. The first kappa shape index (κ1) is 33.1. The Morgan fingerprint density at radius 1 is 0.653 bits per heavy atom. The van der Waals surface area contributed by atoms with E-state index in [9.17, 15) is 24.0 Å². The molecule has 49 heavy (non-hydrogen) atoms. The van der Waals surface area contributed by atoms with E-state index in [1.54, 1.807) is 97.1 Å². The zero-order chi connectivity index (χ0) is 34.3. The predicted molar refractivity (Wildman–Crippen MR) is 177 cm³/mol. The first-order valence-corrected chi connectivity index (χ1v) is 15.6. The Bertz CT molecular complexity index is 2050. The van der Waals surface area contributed by atoms with Crippen LogP contribution in [0.1, 0.15) is 42.9 Å². The molecular weight excluding hydrogens is 652 g/mol. The normalized spacial score (nSPS) is 18.4. The number of hydrogen-bond donors (Lipinski definition) is 0. The number of halogens is 1. The Balaban J connectivity index is 1.42. The molecule has 6 rings (SSSR count). The van der Waals surface area contributed by atoms with E-state index < -0.39 is 60.3 Å². The van der Waals surface area contributed by atoms with E-state index in [4.69, 9.17) is 30.5 Å². The summed E-state index contributed by atoms with van der Waals surface area (Å²) in [6.07, 6.45) is -5.69. The molecule has 248 valence electrons. The van der Waals surface area contributed by atoms with E-state index in [1.165, 1.54) is 24.3 Å². The van der Waals surface area contributed by atoms with E-state index in [-0.39, 0.29) is 28.4 Å². The van der Waals surface area contributed by atoms with Crippen molar-refractivity contribution in [3.8, 4) is 0 Å². The molecule has 12 heteroatoms. The number of benzene rings is 4. The van der Waals surface area contributed by atoms with Crippen molar-refractivity contribution in [3.63, 3.8) is 0 Å². The largest absolute Gasteiger partial charge is 0.459 e. The maximum atomic E-state index is 14.0. The van der Waals surface area contributed by atoms with Crippen LogP contribution in [0.2, 0.25) is 5.15 Å². The molecular formula is C37H29ClN2O9. The predicted octanol–water partition coefficient (Wildman–Crippen LogP) is 4.92. The summed E-state index contributed by atoms with van der Waals surface area (Å²) in [6.45, 7) is -0.562. The molecule has 0 unspecified atom stereocenters. The number of hydrogen-bond acceptors (Lipinski definition) is 9. The van der Waals surface area contributed by atoms with Crippen molar-refractivity contribution in [3.05, 3.63) is 176 Å². The Morgan fingerprint density at radius 2 is 1.12 bits per heavy atom. The first-order valence-electron chi connectivity index (χ1n) is 15.3. The lowest BCUT2D eigenvalue weighted by Crippen LogP contribution is -2.46. The number of esters is 3. The molecule has 0 spiro atoms. The highest BCUT2D eigenvalue weighted by molar-refractivity contribution is 6.29. The van der Waals surface area contributed by atoms with E-state index in [0.29, 0.717) is 5.56 Å². The second-order valence-corrected chi connectivity index (χ2v) is 11.4. The van der Waals surface area contributed by atoms with Crippen LogP contribution >= 0.6 is 11.6 Å². The van der Waals surface area contributed by atoms with Gasteiger partial charge in [0.15, 0.2) is 18.4 Å². The van der Waals surface area contributed by atoms with Gasteiger partial charge in [0, 0.05) is 6.07 Å². The quantitative estimate of drug-likeness (QED) is 0.115. The maximum Gasteiger partial charge on any atom is 0.338 e. The lowest BCUT2D eigenvalue weighted by Gasteiger charge is -2.26. The number of carbonyl (C=O) groups excluding carboxylic acids is 3. The monoisotopic (exact) mass is 680 g/mol. The summed E-state index contributed by atoms with van der Waals surface area (Å²) in [5.74, 6) is -2.30. The molecule has 5 aromatic rings. The Labute approximate surface area is 284 Å². The van der Waals surface area contributed by atoms with Crippen molar-refractivity contribution >= 4 is 29.5 Å². The number of carbonyl (C=O) groups is 3. The van der Waals surface area contributed by atoms with E-state index >= 15 is 0 Å². The molecule has 0 aliphatic carbocycles. The summed E-state index contributed by atoms with van der Waals surface area (Å²) in [5.41, 5.74) is -0.274. The van der Waals surface area contributed by atoms with E-state index in [1.807, 2.05) is 0 Å². The maximum absolute atomic E-state index is 14.0. The second-order valence-electron chi connectivity index (χ2n) is 11.0. The lowest BCUT2D eigenvalue weighted by atomic mass is 10.1. The minimum Gasteiger partial charge on any atom is -0.459 e. The molecule has 4 atom stereocenters. The second kappa shape index (κ2) is 15.0. The van der Waals surface area contributed by atoms with Crippen molar-refractivity contribution in [2.45, 2.75) is 31.1 Å². The number of aromatic nitrogens is 2. The van der Waals surface area contributed by atoms with Crippen LogP contribution in [0.5, 0.6) is 0 Å². The molecule has 0 saturated carbocycles. The van der Waals surface area contributed by atoms with Gasteiger partial charge in [-0.05, 0) is 42.0 Å². The van der Waals surface area contributed by atoms with Crippen LogP contribution in [-0.2, 0) is 25.5 Å². The Hall–Kier alpha value is -5.78. The number of ether oxygens (including phenoxy) is 4. The van der Waals surface area contributed by atoms with Crippen molar-refractivity contribution in [1.82, 2.24) is 9.13 Å². The smallest absolute Gasteiger partial charge is 0.338 e. The van der Waals surface area contributed by atoms with Gasteiger partial charge in [0.2, 0.25) is 0 Å². The highest BCUT2D eigenvalue weighted by atomic mass is 35.5. The summed E-state index contributed by atoms with van der Waals surface area (Å²) in [6, 6.07) is 34.2. The van der Waals surface area contributed by atoms with Crippen LogP contribution in [0.3, 0.4) is 0 Å². The van der Waals surface area contributed by atoms with Crippen LogP contribution in [0.4, 0.5) is 0 Å². The van der Waals surface area contributed by atoms with Crippen LogP contribution in [-0.4, -0.2) is 52.0 Å². The molecule has 1 fully saturated rings. The van der Waals surface area contributed by atoms with Crippen molar-refractivity contribution in [2.24, 2.45) is 0 Å². The third kappa shape index (κ3) is 7.53. The van der Waals surface area contributed by atoms with Gasteiger partial charge in [0.25, 0.3) is 5.56 Å². The lowest BCUT2D eigenvalue weighted by molar-refractivity contribution is -0.0643. The summed E-state index contributed by atoms with van der Waals surface area (Å²) >= 11 is 6.55. The molecule has 1 aromatic heterocycles. The minimum absolute atomic E-state index is 0.0958. The highest BCUT2D eigenvalue weighted by Crippen LogP contribution is 2.36. The Kier molecular flexibility index (Phi) is 10.1. The molecule has 1 aliphatic heterocycles. The molecule has 0 radical (unpaired) electrons. The molecule has 1 aliphatic rings. The van der Waals surface area contributed by atoms with Crippen molar-refractivity contribution in [1.29, 1.82) is 0 Å². The zero-order valence-corrected chi connectivity index (χ0v) is 26.6. The van der Waals surface area contributed by atoms with Crippen LogP contribution in [0.15, 0.2) is 137 Å². The van der Waals surface area contributed by atoms with E-state index in [0.717, 1.165) is 15.2 Å². The number of nitrogens with zero attached hydrogens (tertiary/aromatic N) is 2. The summed E-state index contributed by atoms with van der Waals surface area (Å²) < 4.78 is 25.6. The fourth-order valence-electron chi connectivity index (χ4n) is 5.37. The Morgan fingerprint density at radius 3 is 1.65 bits per heavy atom. The first-order chi connectivity index (χ1) is 23.8. The highest BCUT2D eigenvalue weighted by Gasteiger charge is 2.52. The van der Waals surface area contributed by atoms with Crippen LogP contribution in [0, 0.1) is 0 Å². The third-order valence-corrected chi connectivity index (χ3v) is 8.08. The molecule has 0 N–H and O–H groups in total. The van der Waals surface area contributed by atoms with Gasteiger partial charge in [-0.3, -0.25) is 13.9 Å². The fourth-order valence-corrected chi connectivity index (χ4v) is 5.63. The third-order valence-electron chi connectivity index (χ3n) is 7.79. The molecule has 4 aromatic carbocycles.